The van der Waals surface area contributed by atoms with Crippen molar-refractivity contribution in [2.75, 3.05) is 18.2 Å². The van der Waals surface area contributed by atoms with Gasteiger partial charge in [0.05, 0.1) is 0 Å². The highest BCUT2D eigenvalue weighted by Gasteiger charge is 2.12. The fourth-order valence-electron chi connectivity index (χ4n) is 1.27. The highest BCUT2D eigenvalue weighted by atomic mass is 32.2. The highest BCUT2D eigenvalue weighted by molar-refractivity contribution is 7.99. The van der Waals surface area contributed by atoms with Crippen LogP contribution in [0.25, 0.3) is 11.5 Å². The first-order valence-electron chi connectivity index (χ1n) is 5.18. The van der Waals surface area contributed by atoms with Gasteiger partial charge in [0.25, 0.3) is 0 Å². The van der Waals surface area contributed by atoms with Gasteiger partial charge in [-0.1, -0.05) is 17.8 Å². The molecule has 0 fully saturated rings. The van der Waals surface area contributed by atoms with Gasteiger partial charge in [0.1, 0.15) is 5.69 Å². The molecule has 0 spiro atoms. The molecular weight excluding hydrogens is 238 g/mol. The van der Waals surface area contributed by atoms with Crippen molar-refractivity contribution in [2.45, 2.75) is 11.6 Å². The van der Waals surface area contributed by atoms with Crippen molar-refractivity contribution in [2.24, 2.45) is 0 Å². The first-order valence-corrected chi connectivity index (χ1v) is 6.17. The number of pyridine rings is 1. The summed E-state index contributed by atoms with van der Waals surface area (Å²) in [6.07, 6.45) is 2.39. The van der Waals surface area contributed by atoms with Crippen LogP contribution in [0.1, 0.15) is 6.42 Å². The second-order valence-electron chi connectivity index (χ2n) is 3.32. The second-order valence-corrected chi connectivity index (χ2v) is 4.38. The molecule has 2 aromatic rings. The summed E-state index contributed by atoms with van der Waals surface area (Å²) in [5, 5.41) is 17.3. The van der Waals surface area contributed by atoms with Gasteiger partial charge in [-0.3, -0.25) is 4.98 Å². The average molecular weight is 251 g/mol. The molecule has 7 heteroatoms. The number of nitrogens with two attached hydrogens (primary N) is 1. The van der Waals surface area contributed by atoms with Crippen LogP contribution in [0, 0.1) is 0 Å². The monoisotopic (exact) mass is 251 g/mol. The number of hydrogen-bond acceptors (Lipinski definition) is 6. The molecule has 6 nitrogen and oxygen atoms in total. The standard InChI is InChI=1S/C10H13N5OS/c11-15-9(8-4-1-2-5-12-8)13-14-10(15)17-7-3-6-16/h1-2,4-5,16H,3,6-7,11H2. The van der Waals surface area contributed by atoms with Crippen LogP contribution >= 0.6 is 11.8 Å². The van der Waals surface area contributed by atoms with Gasteiger partial charge in [-0.15, -0.1) is 10.2 Å². The lowest BCUT2D eigenvalue weighted by molar-refractivity contribution is 0.296. The quantitative estimate of drug-likeness (QED) is 0.457. The van der Waals surface area contributed by atoms with E-state index in [2.05, 4.69) is 15.2 Å². The van der Waals surface area contributed by atoms with Gasteiger partial charge in [0, 0.05) is 18.6 Å². The lowest BCUT2D eigenvalue weighted by atomic mass is 10.3. The molecule has 0 aromatic carbocycles. The van der Waals surface area contributed by atoms with Gasteiger partial charge >= 0.3 is 0 Å². The summed E-state index contributed by atoms with van der Waals surface area (Å²) < 4.78 is 1.42. The van der Waals surface area contributed by atoms with E-state index < -0.39 is 0 Å². The van der Waals surface area contributed by atoms with Gasteiger partial charge in [-0.05, 0) is 18.6 Å². The molecule has 2 rings (SSSR count). The van der Waals surface area contributed by atoms with Crippen molar-refractivity contribution >= 4 is 11.8 Å². The van der Waals surface area contributed by atoms with E-state index in [9.17, 15) is 0 Å². The molecule has 17 heavy (non-hydrogen) atoms. The van der Waals surface area contributed by atoms with E-state index in [-0.39, 0.29) is 6.61 Å². The van der Waals surface area contributed by atoms with E-state index in [0.717, 1.165) is 5.75 Å². The van der Waals surface area contributed by atoms with Crippen LogP contribution < -0.4 is 5.84 Å². The Hall–Kier alpha value is -1.60. The van der Waals surface area contributed by atoms with Crippen LogP contribution in [0.2, 0.25) is 0 Å². The molecule has 2 heterocycles. The summed E-state index contributed by atoms with van der Waals surface area (Å²) in [5.41, 5.74) is 0.691. The maximum Gasteiger partial charge on any atom is 0.210 e. The van der Waals surface area contributed by atoms with E-state index >= 15 is 0 Å². The van der Waals surface area contributed by atoms with E-state index in [1.165, 1.54) is 16.4 Å². The SMILES string of the molecule is Nn1c(SCCCO)nnc1-c1ccccn1. The summed E-state index contributed by atoms with van der Waals surface area (Å²) >= 11 is 1.46. The largest absolute Gasteiger partial charge is 0.396 e. The first-order chi connectivity index (χ1) is 8.33. The average Bonchev–Trinajstić information content (AvgIpc) is 2.73. The molecule has 90 valence electrons. The normalized spacial score (nSPS) is 10.6. The zero-order chi connectivity index (χ0) is 12.1. The lowest BCUT2D eigenvalue weighted by Gasteiger charge is -2.02. The van der Waals surface area contributed by atoms with Crippen molar-refractivity contribution in [3.05, 3.63) is 24.4 Å². The number of nitrogen functional groups attached to an aromatic ring is 1. The van der Waals surface area contributed by atoms with Crippen LogP contribution in [-0.2, 0) is 0 Å². The fourth-order valence-corrected chi connectivity index (χ4v) is 2.05. The van der Waals surface area contributed by atoms with Crippen LogP contribution in [-0.4, -0.2) is 37.3 Å². The molecule has 0 aliphatic heterocycles. The van der Waals surface area contributed by atoms with E-state index in [0.29, 0.717) is 23.1 Å². The second kappa shape index (κ2) is 5.65. The number of aliphatic hydroxyl groups is 1. The molecule has 3 N–H and O–H groups in total. The Morgan fingerprint density at radius 3 is 2.94 bits per heavy atom. The Morgan fingerprint density at radius 1 is 1.35 bits per heavy atom. The summed E-state index contributed by atoms with van der Waals surface area (Å²) in [5.74, 6) is 7.18. The highest BCUT2D eigenvalue weighted by Crippen LogP contribution is 2.19. The van der Waals surface area contributed by atoms with Crippen molar-refractivity contribution < 1.29 is 5.11 Å². The topological polar surface area (TPSA) is 89.8 Å². The number of aliphatic hydroxyl groups excluding tert-OH is 1. The van der Waals surface area contributed by atoms with Crippen molar-refractivity contribution in [1.29, 1.82) is 0 Å². The van der Waals surface area contributed by atoms with E-state index in [4.69, 9.17) is 10.9 Å². The minimum absolute atomic E-state index is 0.165. The molecule has 0 bridgehead atoms. The Morgan fingerprint density at radius 2 is 2.24 bits per heavy atom. The molecule has 2 aromatic heterocycles. The molecule has 0 unspecified atom stereocenters. The Kier molecular flexibility index (Phi) is 3.94. The Labute approximate surface area is 103 Å². The lowest BCUT2D eigenvalue weighted by Crippen LogP contribution is -2.12. The van der Waals surface area contributed by atoms with Gasteiger partial charge in [-0.2, -0.15) is 0 Å². The van der Waals surface area contributed by atoms with Crippen molar-refractivity contribution in [3.63, 3.8) is 0 Å². The van der Waals surface area contributed by atoms with Gasteiger partial charge in [0.2, 0.25) is 11.0 Å². The molecule has 0 radical (unpaired) electrons. The number of thioether (sulfide) groups is 1. The zero-order valence-electron chi connectivity index (χ0n) is 9.15. The predicted molar refractivity (Wildman–Crippen MR) is 65.8 cm³/mol. The zero-order valence-corrected chi connectivity index (χ0v) is 9.97. The summed E-state index contributed by atoms with van der Waals surface area (Å²) in [6, 6.07) is 5.53. The van der Waals surface area contributed by atoms with Crippen LogP contribution in [0.3, 0.4) is 0 Å². The first kappa shape index (κ1) is 11.9. The summed E-state index contributed by atoms with van der Waals surface area (Å²) in [4.78, 5) is 4.17. The Bertz CT molecular complexity index is 473. The molecule has 0 aliphatic rings. The number of nitrogens with zero attached hydrogens (tertiary/aromatic N) is 4. The van der Waals surface area contributed by atoms with Gasteiger partial charge in [0.15, 0.2) is 0 Å². The molecule has 0 saturated carbocycles. The summed E-state index contributed by atoms with van der Waals surface area (Å²) in [7, 11) is 0. The number of rotatable bonds is 5. The fraction of sp³-hybridized carbons (Fsp3) is 0.300. The smallest absolute Gasteiger partial charge is 0.210 e. The van der Waals surface area contributed by atoms with Crippen molar-refractivity contribution in [3.8, 4) is 11.5 Å². The third kappa shape index (κ3) is 2.75. The third-order valence-corrected chi connectivity index (χ3v) is 3.12. The van der Waals surface area contributed by atoms with Gasteiger partial charge in [-0.25, -0.2) is 4.68 Å². The molecule has 0 aliphatic carbocycles. The predicted octanol–water partition coefficient (Wildman–Crippen LogP) is 0.528. The number of aromatic nitrogens is 4. The number of hydrogen-bond donors (Lipinski definition) is 2. The minimum Gasteiger partial charge on any atom is -0.396 e. The van der Waals surface area contributed by atoms with Crippen molar-refractivity contribution in [1.82, 2.24) is 19.9 Å². The van der Waals surface area contributed by atoms with Crippen LogP contribution in [0.5, 0.6) is 0 Å². The maximum atomic E-state index is 8.70. The third-order valence-electron chi connectivity index (χ3n) is 2.09. The molecular formula is C10H13N5OS. The summed E-state index contributed by atoms with van der Waals surface area (Å²) in [6.45, 7) is 0.165. The Balaban J connectivity index is 2.15. The van der Waals surface area contributed by atoms with Gasteiger partial charge < -0.3 is 10.9 Å². The minimum atomic E-state index is 0.165. The molecule has 0 amide bonds. The maximum absolute atomic E-state index is 8.70. The van der Waals surface area contributed by atoms with Crippen LogP contribution in [0.15, 0.2) is 29.6 Å². The van der Waals surface area contributed by atoms with E-state index in [1.54, 1.807) is 6.20 Å². The van der Waals surface area contributed by atoms with E-state index in [1.807, 2.05) is 18.2 Å². The molecule has 0 atom stereocenters. The van der Waals surface area contributed by atoms with Crippen LogP contribution in [0.4, 0.5) is 0 Å². The molecule has 0 saturated heterocycles.